The molecule has 13 heavy (non-hydrogen) atoms. The number of hydrogen-bond acceptors (Lipinski definition) is 4. The topological polar surface area (TPSA) is 41.9 Å². The smallest absolute Gasteiger partial charge is 0.159 e. The zero-order valence-corrected chi connectivity index (χ0v) is 8.73. The molecule has 0 amide bonds. The van der Waals surface area contributed by atoms with E-state index >= 15 is 0 Å². The second-order valence-corrected chi connectivity index (χ2v) is 3.77. The molecule has 1 aliphatic heterocycles. The molecular weight excluding hydrogens is 170 g/mol. The van der Waals surface area contributed by atoms with Gasteiger partial charge in [0, 0.05) is 19.6 Å². The van der Waals surface area contributed by atoms with Crippen LogP contribution in [0.3, 0.4) is 0 Å². The highest BCUT2D eigenvalue weighted by molar-refractivity contribution is 4.87. The van der Waals surface area contributed by atoms with Crippen LogP contribution in [-0.2, 0) is 9.47 Å². The van der Waals surface area contributed by atoms with Gasteiger partial charge in [0.2, 0.25) is 0 Å². The van der Waals surface area contributed by atoms with Gasteiger partial charge in [-0.3, -0.25) is 0 Å². The second kappa shape index (κ2) is 4.37. The van der Waals surface area contributed by atoms with Gasteiger partial charge in [-0.1, -0.05) is 0 Å². The lowest BCUT2D eigenvalue weighted by Crippen LogP contribution is -2.41. The van der Waals surface area contributed by atoms with Crippen LogP contribution in [0.15, 0.2) is 0 Å². The molecule has 0 spiro atoms. The normalized spacial score (nSPS) is 36.9. The molecule has 0 saturated carbocycles. The average molecular weight is 189 g/mol. The summed E-state index contributed by atoms with van der Waals surface area (Å²) in [5, 5.41) is 9.48. The van der Waals surface area contributed by atoms with Crippen molar-refractivity contribution in [3.05, 3.63) is 0 Å². The van der Waals surface area contributed by atoms with Gasteiger partial charge >= 0.3 is 0 Å². The van der Waals surface area contributed by atoms with Crippen LogP contribution in [0.2, 0.25) is 0 Å². The van der Waals surface area contributed by atoms with E-state index in [0.717, 1.165) is 6.42 Å². The molecule has 78 valence electrons. The van der Waals surface area contributed by atoms with E-state index in [2.05, 4.69) is 4.90 Å². The largest absolute Gasteiger partial charge is 0.391 e. The number of ether oxygens (including phenoxy) is 2. The standard InChI is InChI=1S/C9H19NO3/c1-6(11)9-7(10(2)3)5-8(12-4)13-9/h6-9,11H,5H2,1-4H3. The van der Waals surface area contributed by atoms with Crippen molar-refractivity contribution in [1.82, 2.24) is 4.90 Å². The van der Waals surface area contributed by atoms with Gasteiger partial charge < -0.3 is 19.5 Å². The van der Waals surface area contributed by atoms with Crippen molar-refractivity contribution in [2.24, 2.45) is 0 Å². The van der Waals surface area contributed by atoms with Gasteiger partial charge in [0.25, 0.3) is 0 Å². The third-order valence-corrected chi connectivity index (χ3v) is 2.52. The molecule has 1 fully saturated rings. The van der Waals surface area contributed by atoms with Gasteiger partial charge in [-0.05, 0) is 21.0 Å². The molecule has 1 heterocycles. The summed E-state index contributed by atoms with van der Waals surface area (Å²) >= 11 is 0. The van der Waals surface area contributed by atoms with Crippen LogP contribution in [0, 0.1) is 0 Å². The van der Waals surface area contributed by atoms with E-state index in [1.807, 2.05) is 14.1 Å². The minimum atomic E-state index is -0.451. The third-order valence-electron chi connectivity index (χ3n) is 2.52. The lowest BCUT2D eigenvalue weighted by molar-refractivity contribution is -0.139. The Hall–Kier alpha value is -0.160. The van der Waals surface area contributed by atoms with E-state index in [1.54, 1.807) is 14.0 Å². The molecule has 1 aliphatic rings. The highest BCUT2D eigenvalue weighted by Gasteiger charge is 2.39. The first-order valence-corrected chi connectivity index (χ1v) is 4.59. The van der Waals surface area contributed by atoms with Crippen molar-refractivity contribution in [2.45, 2.75) is 37.9 Å². The summed E-state index contributed by atoms with van der Waals surface area (Å²) in [6, 6.07) is 0.241. The molecule has 0 bridgehead atoms. The van der Waals surface area contributed by atoms with E-state index in [0.29, 0.717) is 0 Å². The van der Waals surface area contributed by atoms with Crippen molar-refractivity contribution in [3.63, 3.8) is 0 Å². The van der Waals surface area contributed by atoms with E-state index in [4.69, 9.17) is 9.47 Å². The Bertz CT molecular complexity index is 145. The Morgan fingerprint density at radius 2 is 2.15 bits per heavy atom. The average Bonchev–Trinajstić information content (AvgIpc) is 2.47. The lowest BCUT2D eigenvalue weighted by Gasteiger charge is -2.26. The van der Waals surface area contributed by atoms with Gasteiger partial charge in [-0.25, -0.2) is 0 Å². The summed E-state index contributed by atoms with van der Waals surface area (Å²) in [6.45, 7) is 1.75. The highest BCUT2D eigenvalue weighted by Crippen LogP contribution is 2.26. The summed E-state index contributed by atoms with van der Waals surface area (Å²) < 4.78 is 10.6. The Balaban J connectivity index is 2.60. The maximum atomic E-state index is 9.48. The van der Waals surface area contributed by atoms with Crippen molar-refractivity contribution >= 4 is 0 Å². The maximum Gasteiger partial charge on any atom is 0.159 e. The van der Waals surface area contributed by atoms with Gasteiger partial charge in [-0.15, -0.1) is 0 Å². The van der Waals surface area contributed by atoms with Crippen LogP contribution in [0.4, 0.5) is 0 Å². The number of nitrogens with zero attached hydrogens (tertiary/aromatic N) is 1. The molecule has 0 aromatic carbocycles. The zero-order chi connectivity index (χ0) is 10.0. The molecule has 0 aliphatic carbocycles. The monoisotopic (exact) mass is 189 g/mol. The Morgan fingerprint density at radius 3 is 2.46 bits per heavy atom. The van der Waals surface area contributed by atoms with Crippen LogP contribution < -0.4 is 0 Å². The van der Waals surface area contributed by atoms with Crippen LogP contribution in [-0.4, -0.2) is 55.8 Å². The molecule has 4 nitrogen and oxygen atoms in total. The van der Waals surface area contributed by atoms with Gasteiger partial charge in [0.05, 0.1) is 6.10 Å². The molecule has 1 saturated heterocycles. The SMILES string of the molecule is COC1CC(N(C)C)C(C(C)O)O1. The second-order valence-electron chi connectivity index (χ2n) is 3.77. The zero-order valence-electron chi connectivity index (χ0n) is 8.73. The van der Waals surface area contributed by atoms with Crippen LogP contribution in [0.5, 0.6) is 0 Å². The Labute approximate surface area is 79.4 Å². The van der Waals surface area contributed by atoms with Gasteiger partial charge in [-0.2, -0.15) is 0 Å². The number of rotatable bonds is 3. The van der Waals surface area contributed by atoms with Crippen LogP contribution >= 0.6 is 0 Å². The third kappa shape index (κ3) is 2.40. The molecule has 4 unspecified atom stereocenters. The molecule has 0 radical (unpaired) electrons. The Morgan fingerprint density at radius 1 is 1.54 bits per heavy atom. The lowest BCUT2D eigenvalue weighted by atomic mass is 10.1. The maximum absolute atomic E-state index is 9.48. The first-order chi connectivity index (χ1) is 6.06. The summed E-state index contributed by atoms with van der Waals surface area (Å²) in [4.78, 5) is 2.07. The summed E-state index contributed by atoms with van der Waals surface area (Å²) in [5.74, 6) is 0. The predicted octanol–water partition coefficient (Wildman–Crippen LogP) is 0.0588. The van der Waals surface area contributed by atoms with E-state index < -0.39 is 6.10 Å². The van der Waals surface area contributed by atoms with E-state index in [-0.39, 0.29) is 18.4 Å². The minimum absolute atomic E-state index is 0.139. The quantitative estimate of drug-likeness (QED) is 0.681. The van der Waals surface area contributed by atoms with E-state index in [1.165, 1.54) is 0 Å². The number of likely N-dealkylation sites (N-methyl/N-ethyl adjacent to an activating group) is 1. The molecular formula is C9H19NO3. The van der Waals surface area contributed by atoms with Crippen molar-refractivity contribution in [2.75, 3.05) is 21.2 Å². The summed E-state index contributed by atoms with van der Waals surface area (Å²) in [5.41, 5.74) is 0. The van der Waals surface area contributed by atoms with Crippen molar-refractivity contribution in [3.8, 4) is 0 Å². The van der Waals surface area contributed by atoms with Gasteiger partial charge in [0.15, 0.2) is 6.29 Å². The van der Waals surface area contributed by atoms with Crippen molar-refractivity contribution in [1.29, 1.82) is 0 Å². The summed E-state index contributed by atoms with van der Waals surface area (Å²) in [6.07, 6.45) is 0.0542. The molecule has 0 aromatic rings. The Kier molecular flexibility index (Phi) is 3.67. The fraction of sp³-hybridized carbons (Fsp3) is 1.00. The van der Waals surface area contributed by atoms with E-state index in [9.17, 15) is 5.11 Å². The highest BCUT2D eigenvalue weighted by atomic mass is 16.7. The molecule has 1 N–H and O–H groups in total. The predicted molar refractivity (Wildman–Crippen MR) is 49.4 cm³/mol. The fourth-order valence-electron chi connectivity index (χ4n) is 1.74. The number of methoxy groups -OCH3 is 1. The molecule has 4 atom stereocenters. The number of aliphatic hydroxyl groups excluding tert-OH is 1. The van der Waals surface area contributed by atoms with Crippen molar-refractivity contribution < 1.29 is 14.6 Å². The number of aliphatic hydroxyl groups is 1. The van der Waals surface area contributed by atoms with Crippen LogP contribution in [0.1, 0.15) is 13.3 Å². The molecule has 4 heteroatoms. The summed E-state index contributed by atoms with van der Waals surface area (Å²) in [7, 11) is 5.60. The molecule has 1 rings (SSSR count). The first kappa shape index (κ1) is 10.9. The fourth-order valence-corrected chi connectivity index (χ4v) is 1.74. The van der Waals surface area contributed by atoms with Crippen LogP contribution in [0.25, 0.3) is 0 Å². The minimum Gasteiger partial charge on any atom is -0.391 e. The number of hydrogen-bond donors (Lipinski definition) is 1. The molecule has 0 aromatic heterocycles. The van der Waals surface area contributed by atoms with Gasteiger partial charge in [0.1, 0.15) is 6.10 Å². The first-order valence-electron chi connectivity index (χ1n) is 4.59.